The minimum Gasteiger partial charge on any atom is -0.374 e. The highest BCUT2D eigenvalue weighted by Crippen LogP contribution is 2.25. The molecule has 0 atom stereocenters. The largest absolute Gasteiger partial charge is 0.374 e. The molecule has 5 nitrogen and oxygen atoms in total. The molecule has 0 bridgehead atoms. The van der Waals surface area contributed by atoms with Crippen LogP contribution < -0.4 is 5.73 Å². The molecule has 2 N–H and O–H groups in total. The molecule has 0 amide bonds. The Kier molecular flexibility index (Phi) is 2.71. The number of thioether (sulfide) groups is 1. The smallest absolute Gasteiger partial charge is 0.203 e. The summed E-state index contributed by atoms with van der Waals surface area (Å²) in [5.74, 6) is 0.754. The second-order valence-electron chi connectivity index (χ2n) is 2.03. The van der Waals surface area contributed by atoms with Gasteiger partial charge in [-0.25, -0.2) is 0 Å². The number of anilines is 1. The van der Waals surface area contributed by atoms with Gasteiger partial charge in [0.05, 0.1) is 5.75 Å². The van der Waals surface area contributed by atoms with Gasteiger partial charge in [0, 0.05) is 0 Å². The lowest BCUT2D eigenvalue weighted by atomic mass is 10.9. The summed E-state index contributed by atoms with van der Waals surface area (Å²) in [6.07, 6.45) is 0. The Morgan fingerprint density at radius 2 is 2.31 bits per heavy atom. The fourth-order valence-corrected chi connectivity index (χ4v) is 2.76. The molecular formula is C5H5N5S3. The van der Waals surface area contributed by atoms with E-state index in [1.165, 1.54) is 22.7 Å². The number of aromatic nitrogens is 4. The highest BCUT2D eigenvalue weighted by atomic mass is 32.2. The Bertz CT molecular complexity index is 369. The predicted octanol–water partition coefficient (Wildman–Crippen LogP) is 1.26. The molecule has 13 heavy (non-hydrogen) atoms. The topological polar surface area (TPSA) is 77.6 Å². The predicted molar refractivity (Wildman–Crippen MR) is 53.8 cm³/mol. The van der Waals surface area contributed by atoms with E-state index in [4.69, 9.17) is 5.73 Å². The van der Waals surface area contributed by atoms with Gasteiger partial charge in [-0.1, -0.05) is 34.4 Å². The second kappa shape index (κ2) is 3.99. The van der Waals surface area contributed by atoms with Gasteiger partial charge in [0.2, 0.25) is 5.13 Å². The van der Waals surface area contributed by atoms with Gasteiger partial charge in [-0.15, -0.1) is 20.4 Å². The molecule has 0 aromatic carbocycles. The maximum Gasteiger partial charge on any atom is 0.203 e. The maximum atomic E-state index is 5.44. The standard InChI is InChI=1S/C5H5N5S3/c6-4-9-8-3(13-4)1-11-5-10-7-2-12-5/h2H,1H2,(H2,6,9). The monoisotopic (exact) mass is 231 g/mol. The van der Waals surface area contributed by atoms with E-state index in [9.17, 15) is 0 Å². The SMILES string of the molecule is Nc1nnc(CSc2nncs2)s1. The van der Waals surface area contributed by atoms with E-state index in [1.54, 1.807) is 17.3 Å². The van der Waals surface area contributed by atoms with E-state index in [1.807, 2.05) is 0 Å². The van der Waals surface area contributed by atoms with Crippen molar-refractivity contribution < 1.29 is 0 Å². The third-order valence-corrected chi connectivity index (χ3v) is 3.95. The number of nitrogens with two attached hydrogens (primary N) is 1. The van der Waals surface area contributed by atoms with Gasteiger partial charge >= 0.3 is 0 Å². The van der Waals surface area contributed by atoms with Crippen molar-refractivity contribution in [1.29, 1.82) is 0 Å². The number of nitrogen functional groups attached to an aromatic ring is 1. The van der Waals surface area contributed by atoms with Crippen LogP contribution in [0.15, 0.2) is 9.85 Å². The Labute approximate surface area is 86.4 Å². The van der Waals surface area contributed by atoms with Gasteiger partial charge in [0.1, 0.15) is 10.5 Å². The van der Waals surface area contributed by atoms with E-state index in [2.05, 4.69) is 20.4 Å². The summed E-state index contributed by atoms with van der Waals surface area (Å²) in [6, 6.07) is 0. The first kappa shape index (κ1) is 8.85. The van der Waals surface area contributed by atoms with Gasteiger partial charge in [0.15, 0.2) is 4.34 Å². The molecule has 0 unspecified atom stereocenters. The average molecular weight is 231 g/mol. The van der Waals surface area contributed by atoms with Gasteiger partial charge in [-0.2, -0.15) is 0 Å². The molecule has 2 aromatic rings. The van der Waals surface area contributed by atoms with Gasteiger partial charge in [-0.3, -0.25) is 0 Å². The second-order valence-corrected chi connectivity index (χ2v) is 5.18. The lowest BCUT2D eigenvalue weighted by Crippen LogP contribution is -1.80. The molecule has 8 heteroatoms. The van der Waals surface area contributed by atoms with Crippen molar-refractivity contribution in [2.24, 2.45) is 0 Å². The minimum absolute atomic E-state index is 0.507. The van der Waals surface area contributed by atoms with Crippen LogP contribution in [0.5, 0.6) is 0 Å². The van der Waals surface area contributed by atoms with Crippen molar-refractivity contribution in [3.8, 4) is 0 Å². The number of rotatable bonds is 3. The molecule has 68 valence electrons. The molecule has 0 aliphatic rings. The lowest BCUT2D eigenvalue weighted by molar-refractivity contribution is 1.01. The summed E-state index contributed by atoms with van der Waals surface area (Å²) < 4.78 is 0.939. The Balaban J connectivity index is 1.93. The zero-order chi connectivity index (χ0) is 9.10. The maximum absolute atomic E-state index is 5.44. The summed E-state index contributed by atoms with van der Waals surface area (Å²) in [6.45, 7) is 0. The Morgan fingerprint density at radius 3 is 2.92 bits per heavy atom. The van der Waals surface area contributed by atoms with E-state index < -0.39 is 0 Å². The molecule has 0 aliphatic carbocycles. The Hall–Kier alpha value is -0.730. The molecule has 0 fully saturated rings. The van der Waals surface area contributed by atoms with Crippen LogP contribution in [0.1, 0.15) is 5.01 Å². The zero-order valence-corrected chi connectivity index (χ0v) is 8.82. The summed E-state index contributed by atoms with van der Waals surface area (Å²) in [5.41, 5.74) is 7.14. The zero-order valence-electron chi connectivity index (χ0n) is 6.38. The van der Waals surface area contributed by atoms with Gasteiger partial charge < -0.3 is 5.73 Å². The van der Waals surface area contributed by atoms with Crippen LogP contribution in [-0.2, 0) is 5.75 Å². The van der Waals surface area contributed by atoms with E-state index in [0.29, 0.717) is 5.13 Å². The van der Waals surface area contributed by atoms with Crippen molar-refractivity contribution in [3.05, 3.63) is 10.5 Å². The van der Waals surface area contributed by atoms with Crippen LogP contribution in [0, 0.1) is 0 Å². The van der Waals surface area contributed by atoms with Crippen molar-refractivity contribution in [2.45, 2.75) is 10.1 Å². The molecule has 0 aliphatic heterocycles. The molecule has 2 rings (SSSR count). The highest BCUT2D eigenvalue weighted by molar-refractivity contribution is 8.00. The van der Waals surface area contributed by atoms with Crippen LogP contribution in [0.2, 0.25) is 0 Å². The van der Waals surface area contributed by atoms with Gasteiger partial charge in [0.25, 0.3) is 0 Å². The molecule has 0 spiro atoms. The molecule has 0 saturated heterocycles. The first-order chi connectivity index (χ1) is 6.34. The van der Waals surface area contributed by atoms with Crippen LogP contribution in [0.25, 0.3) is 0 Å². The number of nitrogens with zero attached hydrogens (tertiary/aromatic N) is 4. The highest BCUT2D eigenvalue weighted by Gasteiger charge is 2.03. The van der Waals surface area contributed by atoms with Crippen LogP contribution in [0.4, 0.5) is 5.13 Å². The van der Waals surface area contributed by atoms with Crippen molar-refractivity contribution >= 4 is 39.6 Å². The van der Waals surface area contributed by atoms with Crippen LogP contribution >= 0.6 is 34.4 Å². The Morgan fingerprint density at radius 1 is 1.38 bits per heavy atom. The van der Waals surface area contributed by atoms with E-state index in [0.717, 1.165) is 15.1 Å². The molecular weight excluding hydrogens is 226 g/mol. The minimum atomic E-state index is 0.507. The fourth-order valence-electron chi connectivity index (χ4n) is 0.674. The summed E-state index contributed by atoms with van der Waals surface area (Å²) in [7, 11) is 0. The molecule has 2 heterocycles. The summed E-state index contributed by atoms with van der Waals surface area (Å²) in [4.78, 5) is 0. The van der Waals surface area contributed by atoms with Crippen molar-refractivity contribution in [2.75, 3.05) is 5.73 Å². The third-order valence-electron chi connectivity index (χ3n) is 1.14. The van der Waals surface area contributed by atoms with Crippen LogP contribution in [-0.4, -0.2) is 20.4 Å². The number of hydrogen-bond acceptors (Lipinski definition) is 8. The average Bonchev–Trinajstić information content (AvgIpc) is 2.71. The normalized spacial score (nSPS) is 10.5. The summed E-state index contributed by atoms with van der Waals surface area (Å²) >= 11 is 4.51. The summed E-state index contributed by atoms with van der Waals surface area (Å²) in [5, 5.41) is 16.7. The van der Waals surface area contributed by atoms with Crippen molar-refractivity contribution in [1.82, 2.24) is 20.4 Å². The van der Waals surface area contributed by atoms with E-state index in [-0.39, 0.29) is 0 Å². The molecule has 0 saturated carbocycles. The number of hydrogen-bond donors (Lipinski definition) is 1. The molecule has 2 aromatic heterocycles. The first-order valence-corrected chi connectivity index (χ1v) is 5.99. The van der Waals surface area contributed by atoms with Crippen molar-refractivity contribution in [3.63, 3.8) is 0 Å². The third kappa shape index (κ3) is 2.36. The lowest BCUT2D eigenvalue weighted by Gasteiger charge is -1.88. The van der Waals surface area contributed by atoms with Crippen LogP contribution in [0.3, 0.4) is 0 Å². The molecule has 0 radical (unpaired) electrons. The fraction of sp³-hybridized carbons (Fsp3) is 0.200. The first-order valence-electron chi connectivity index (χ1n) is 3.31. The quantitative estimate of drug-likeness (QED) is 0.801. The van der Waals surface area contributed by atoms with Gasteiger partial charge in [-0.05, 0) is 0 Å². The van der Waals surface area contributed by atoms with E-state index >= 15 is 0 Å².